The molecule has 0 spiro atoms. The van der Waals surface area contributed by atoms with Gasteiger partial charge in [0.25, 0.3) is 5.91 Å². The number of carbonyl (C=O) groups is 3. The number of nitrogens with zero attached hydrogens (tertiary/aromatic N) is 3. The van der Waals surface area contributed by atoms with E-state index in [2.05, 4.69) is 20.8 Å². The van der Waals surface area contributed by atoms with Crippen LogP contribution in [0.5, 0.6) is 0 Å². The van der Waals surface area contributed by atoms with Crippen LogP contribution in [0.25, 0.3) is 5.69 Å². The second-order valence-electron chi connectivity index (χ2n) is 9.97. The van der Waals surface area contributed by atoms with Crippen molar-refractivity contribution in [2.45, 2.75) is 69.8 Å². The van der Waals surface area contributed by atoms with Crippen LogP contribution in [-0.4, -0.2) is 44.4 Å². The number of benzene rings is 1. The summed E-state index contributed by atoms with van der Waals surface area (Å²) in [6, 6.07) is 11.5. The van der Waals surface area contributed by atoms with Gasteiger partial charge in [-0.25, -0.2) is 4.79 Å². The summed E-state index contributed by atoms with van der Waals surface area (Å²) >= 11 is 4.12. The summed E-state index contributed by atoms with van der Waals surface area (Å²) in [5.41, 5.74) is 3.40. The van der Waals surface area contributed by atoms with Gasteiger partial charge >= 0.3 is 5.97 Å². The van der Waals surface area contributed by atoms with Crippen LogP contribution < -0.4 is 10.6 Å². The number of rotatable bonds is 10. The highest BCUT2D eigenvalue weighted by atomic mass is 32.2. The van der Waals surface area contributed by atoms with Gasteiger partial charge in [0.05, 0.1) is 28.8 Å². The SMILES string of the molecule is CCOC(=O)c1c(NC(=O)[C@@H](C)Sc2nnc(CNC(=O)c3cccs3)n2-c2cccc(C)c2)sc2c1CCCCC2. The Morgan fingerprint density at radius 2 is 1.95 bits per heavy atom. The minimum absolute atomic E-state index is 0.169. The Balaban J connectivity index is 1.37. The quantitative estimate of drug-likeness (QED) is 0.123. The number of aryl methyl sites for hydroxylation is 2. The molecular weight excluding hydrogens is 591 g/mol. The molecule has 0 saturated heterocycles. The molecule has 42 heavy (non-hydrogen) atoms. The van der Waals surface area contributed by atoms with E-state index < -0.39 is 5.25 Å². The summed E-state index contributed by atoms with van der Waals surface area (Å²) in [7, 11) is 0. The van der Waals surface area contributed by atoms with Gasteiger partial charge in [0.2, 0.25) is 5.91 Å². The molecule has 1 aliphatic carbocycles. The van der Waals surface area contributed by atoms with Gasteiger partial charge in [0.15, 0.2) is 11.0 Å². The number of ether oxygens (including phenoxy) is 1. The van der Waals surface area contributed by atoms with Gasteiger partial charge in [-0.2, -0.15) is 0 Å². The lowest BCUT2D eigenvalue weighted by molar-refractivity contribution is -0.115. The first kappa shape index (κ1) is 30.0. The molecule has 4 aromatic rings. The summed E-state index contributed by atoms with van der Waals surface area (Å²) in [4.78, 5) is 40.8. The monoisotopic (exact) mass is 623 g/mol. The van der Waals surface area contributed by atoms with Crippen LogP contribution in [0.2, 0.25) is 0 Å². The van der Waals surface area contributed by atoms with Crippen molar-refractivity contribution in [1.29, 1.82) is 0 Å². The van der Waals surface area contributed by atoms with Crippen LogP contribution >= 0.6 is 34.4 Å². The van der Waals surface area contributed by atoms with Crippen molar-refractivity contribution in [1.82, 2.24) is 20.1 Å². The summed E-state index contributed by atoms with van der Waals surface area (Å²) in [5, 5.41) is 17.1. The molecule has 1 atom stereocenters. The number of thioether (sulfide) groups is 1. The molecule has 3 aromatic heterocycles. The Kier molecular flexibility index (Phi) is 9.76. The zero-order valence-electron chi connectivity index (χ0n) is 23.8. The number of hydrogen-bond acceptors (Lipinski definition) is 9. The first-order valence-corrected chi connectivity index (χ1v) is 16.6. The van der Waals surface area contributed by atoms with E-state index in [1.807, 2.05) is 47.2 Å². The van der Waals surface area contributed by atoms with Gasteiger partial charge in [-0.05, 0) is 81.2 Å². The lowest BCUT2D eigenvalue weighted by atomic mass is 10.1. The highest BCUT2D eigenvalue weighted by Gasteiger charge is 2.29. The number of carbonyl (C=O) groups excluding carboxylic acids is 3. The fourth-order valence-corrected chi connectivity index (χ4v) is 7.65. The van der Waals surface area contributed by atoms with E-state index >= 15 is 0 Å². The molecule has 2 N–H and O–H groups in total. The Morgan fingerprint density at radius 1 is 1.12 bits per heavy atom. The summed E-state index contributed by atoms with van der Waals surface area (Å²) in [5.74, 6) is -0.265. The molecule has 0 saturated carbocycles. The van der Waals surface area contributed by atoms with Crippen molar-refractivity contribution >= 4 is 57.2 Å². The number of nitrogens with one attached hydrogen (secondary N) is 2. The summed E-state index contributed by atoms with van der Waals surface area (Å²) < 4.78 is 7.24. The van der Waals surface area contributed by atoms with E-state index in [9.17, 15) is 14.4 Å². The van der Waals surface area contributed by atoms with Crippen molar-refractivity contribution in [2.75, 3.05) is 11.9 Å². The van der Waals surface area contributed by atoms with Gasteiger partial charge in [0, 0.05) is 10.6 Å². The maximum Gasteiger partial charge on any atom is 0.341 e. The van der Waals surface area contributed by atoms with E-state index in [0.717, 1.165) is 53.8 Å². The third kappa shape index (κ3) is 6.77. The van der Waals surface area contributed by atoms with Crippen LogP contribution in [0.3, 0.4) is 0 Å². The largest absolute Gasteiger partial charge is 0.462 e. The molecule has 0 bridgehead atoms. The molecule has 0 unspecified atom stereocenters. The standard InChI is InChI=1S/C30H33N5O4S3/c1-4-39-29(38)25-21-12-6-5-7-13-22(21)42-28(25)32-26(36)19(3)41-30-34-33-24(17-31-27(37)23-14-9-15-40-23)35(30)20-11-8-10-18(2)16-20/h8-11,14-16,19H,4-7,12-13,17H2,1-3H3,(H,31,37)(H,32,36)/t19-/m1/s1. The Bertz CT molecular complexity index is 1580. The highest BCUT2D eigenvalue weighted by Crippen LogP contribution is 2.38. The smallest absolute Gasteiger partial charge is 0.341 e. The first-order valence-electron chi connectivity index (χ1n) is 14.0. The molecule has 5 rings (SSSR count). The number of esters is 1. The van der Waals surface area contributed by atoms with Crippen LogP contribution in [-0.2, 0) is 28.9 Å². The minimum atomic E-state index is -0.553. The van der Waals surface area contributed by atoms with Gasteiger partial charge < -0.3 is 15.4 Å². The predicted molar refractivity (Wildman–Crippen MR) is 167 cm³/mol. The third-order valence-electron chi connectivity index (χ3n) is 6.90. The summed E-state index contributed by atoms with van der Waals surface area (Å²) in [6.45, 7) is 6.03. The van der Waals surface area contributed by atoms with E-state index in [1.165, 1.54) is 34.4 Å². The van der Waals surface area contributed by atoms with Crippen LogP contribution in [0.1, 0.15) is 75.0 Å². The van der Waals surface area contributed by atoms with Crippen LogP contribution in [0, 0.1) is 6.92 Å². The summed E-state index contributed by atoms with van der Waals surface area (Å²) in [6.07, 6.45) is 4.92. The Morgan fingerprint density at radius 3 is 2.71 bits per heavy atom. The molecule has 9 nitrogen and oxygen atoms in total. The first-order chi connectivity index (χ1) is 20.4. The van der Waals surface area contributed by atoms with E-state index in [4.69, 9.17) is 4.74 Å². The van der Waals surface area contributed by atoms with Gasteiger partial charge in [-0.3, -0.25) is 14.2 Å². The second-order valence-corrected chi connectivity index (χ2v) is 13.3. The number of thiophene rings is 2. The average molecular weight is 624 g/mol. The van der Waals surface area contributed by atoms with Crippen LogP contribution in [0.15, 0.2) is 46.9 Å². The fourth-order valence-electron chi connectivity index (χ4n) is 4.85. The molecule has 1 aromatic carbocycles. The van der Waals surface area contributed by atoms with Crippen molar-refractivity contribution in [2.24, 2.45) is 0 Å². The second kappa shape index (κ2) is 13.7. The van der Waals surface area contributed by atoms with Crippen molar-refractivity contribution in [3.8, 4) is 5.69 Å². The van der Waals surface area contributed by atoms with Gasteiger partial charge in [0.1, 0.15) is 5.00 Å². The van der Waals surface area contributed by atoms with Gasteiger partial charge in [-0.15, -0.1) is 32.9 Å². The zero-order chi connectivity index (χ0) is 29.6. The molecular formula is C30H33N5O4S3. The minimum Gasteiger partial charge on any atom is -0.462 e. The predicted octanol–water partition coefficient (Wildman–Crippen LogP) is 6.19. The number of hydrogen-bond donors (Lipinski definition) is 2. The average Bonchev–Trinajstić information content (AvgIpc) is 3.68. The van der Waals surface area contributed by atoms with E-state index in [1.54, 1.807) is 19.9 Å². The fraction of sp³-hybridized carbons (Fsp3) is 0.367. The topological polar surface area (TPSA) is 115 Å². The lowest BCUT2D eigenvalue weighted by Crippen LogP contribution is -2.25. The van der Waals surface area contributed by atoms with Crippen LogP contribution in [0.4, 0.5) is 5.00 Å². The molecule has 0 radical (unpaired) electrons. The van der Waals surface area contributed by atoms with Crippen molar-refractivity contribution in [3.63, 3.8) is 0 Å². The molecule has 3 heterocycles. The maximum atomic E-state index is 13.5. The van der Waals surface area contributed by atoms with E-state index in [-0.39, 0.29) is 30.9 Å². The lowest BCUT2D eigenvalue weighted by Gasteiger charge is -2.15. The highest BCUT2D eigenvalue weighted by molar-refractivity contribution is 8.00. The number of aromatic nitrogens is 3. The molecule has 1 aliphatic rings. The van der Waals surface area contributed by atoms with Gasteiger partial charge in [-0.1, -0.05) is 36.4 Å². The number of anilines is 1. The third-order valence-corrected chi connectivity index (χ3v) is 10.0. The number of fused-ring (bicyclic) bond motifs is 1. The normalized spacial score (nSPS) is 13.6. The van der Waals surface area contributed by atoms with Crippen molar-refractivity contribution < 1.29 is 19.1 Å². The Labute approximate surface area is 257 Å². The molecule has 0 aliphatic heterocycles. The molecule has 0 fully saturated rings. The molecule has 2 amide bonds. The molecule has 220 valence electrons. The Hall–Kier alpha value is -3.48. The maximum absolute atomic E-state index is 13.5. The molecule has 12 heteroatoms. The zero-order valence-corrected chi connectivity index (χ0v) is 26.2. The van der Waals surface area contributed by atoms with E-state index in [0.29, 0.717) is 26.4 Å². The van der Waals surface area contributed by atoms with Crippen molar-refractivity contribution in [3.05, 3.63) is 74.0 Å². The number of amides is 2.